The van der Waals surface area contributed by atoms with E-state index in [0.717, 1.165) is 18.2 Å². The van der Waals surface area contributed by atoms with Crippen LogP contribution in [0.1, 0.15) is 39.8 Å². The van der Waals surface area contributed by atoms with Crippen LogP contribution in [0.2, 0.25) is 0 Å². The Morgan fingerprint density at radius 3 is 2.31 bits per heavy atom. The summed E-state index contributed by atoms with van der Waals surface area (Å²) in [4.78, 5) is 33.5. The number of aliphatic hydroxyl groups excluding tert-OH is 1. The summed E-state index contributed by atoms with van der Waals surface area (Å²) in [5.41, 5.74) is 1.70. The van der Waals surface area contributed by atoms with Crippen molar-refractivity contribution in [3.63, 3.8) is 0 Å². The number of benzene rings is 2. The standard InChI is InChI=1S/C31H30F4N4O6/c1-4-45-28-19(13-25(36)41)12-24(39-27(28)17-5-7-22(32)8-6-17)30(43,31(33,34)35)15-37-29(42)20-9-18-10-21(14-40)16(2)38-26(18)23(11-20)44-3/h5-12,40,43H,4,13-15H2,1-3H3,(H2,36,41)(H,37,42)/t30-/m0/s1. The van der Waals surface area contributed by atoms with Gasteiger partial charge in [0, 0.05) is 27.8 Å². The number of carbonyl (C=O) groups excluding carboxylic acids is 2. The summed E-state index contributed by atoms with van der Waals surface area (Å²) in [6, 6.07) is 9.66. The molecule has 5 N–H and O–H groups in total. The van der Waals surface area contributed by atoms with Crippen LogP contribution in [-0.4, -0.2) is 58.4 Å². The smallest absolute Gasteiger partial charge is 0.424 e. The molecule has 0 fully saturated rings. The van der Waals surface area contributed by atoms with Crippen LogP contribution in [-0.2, 0) is 23.4 Å². The zero-order valence-corrected chi connectivity index (χ0v) is 24.5. The average molecular weight is 631 g/mol. The summed E-state index contributed by atoms with van der Waals surface area (Å²) in [6.45, 7) is 1.59. The first kappa shape index (κ1) is 33.1. The Hall–Kier alpha value is -4.82. The number of methoxy groups -OCH3 is 1. The zero-order chi connectivity index (χ0) is 33.1. The number of nitrogens with two attached hydrogens (primary N) is 1. The molecule has 0 saturated carbocycles. The molecule has 10 nitrogen and oxygen atoms in total. The van der Waals surface area contributed by atoms with Crippen LogP contribution in [0.4, 0.5) is 17.6 Å². The van der Waals surface area contributed by atoms with E-state index in [9.17, 15) is 37.4 Å². The van der Waals surface area contributed by atoms with Gasteiger partial charge in [-0.3, -0.25) is 9.59 Å². The summed E-state index contributed by atoms with van der Waals surface area (Å²) >= 11 is 0. The Balaban J connectivity index is 1.80. The van der Waals surface area contributed by atoms with Crippen LogP contribution in [0.25, 0.3) is 22.2 Å². The van der Waals surface area contributed by atoms with Crippen molar-refractivity contribution in [1.82, 2.24) is 15.3 Å². The Kier molecular flexibility index (Phi) is 9.59. The van der Waals surface area contributed by atoms with Gasteiger partial charge in [-0.05, 0) is 67.9 Å². The molecule has 0 aliphatic carbocycles. The lowest BCUT2D eigenvalue weighted by Gasteiger charge is -2.31. The molecule has 2 aromatic carbocycles. The van der Waals surface area contributed by atoms with Crippen LogP contribution in [0.15, 0.2) is 48.5 Å². The number of nitrogens with one attached hydrogen (secondary N) is 1. The molecule has 0 aliphatic heterocycles. The fourth-order valence-corrected chi connectivity index (χ4v) is 4.71. The van der Waals surface area contributed by atoms with E-state index in [1.165, 1.54) is 31.4 Å². The number of hydrogen-bond acceptors (Lipinski definition) is 8. The van der Waals surface area contributed by atoms with Crippen LogP contribution < -0.4 is 20.5 Å². The van der Waals surface area contributed by atoms with Crippen molar-refractivity contribution in [3.05, 3.63) is 82.4 Å². The van der Waals surface area contributed by atoms with Crippen LogP contribution in [0.5, 0.6) is 11.5 Å². The highest BCUT2D eigenvalue weighted by Crippen LogP contribution is 2.42. The molecule has 4 rings (SSSR count). The first-order valence-corrected chi connectivity index (χ1v) is 13.6. The highest BCUT2D eigenvalue weighted by atomic mass is 19.4. The second kappa shape index (κ2) is 13.0. The van der Waals surface area contributed by atoms with Crippen molar-refractivity contribution in [2.24, 2.45) is 5.73 Å². The molecule has 2 aromatic heterocycles. The minimum absolute atomic E-state index is 0.0324. The summed E-state index contributed by atoms with van der Waals surface area (Å²) in [6.07, 6.45) is -5.96. The van der Waals surface area contributed by atoms with Gasteiger partial charge in [-0.25, -0.2) is 14.4 Å². The van der Waals surface area contributed by atoms with Gasteiger partial charge in [0.15, 0.2) is 0 Å². The molecule has 0 radical (unpaired) electrons. The Labute approximate surface area is 254 Å². The number of hydrogen-bond donors (Lipinski definition) is 4. The largest absolute Gasteiger partial charge is 0.494 e. The normalized spacial score (nSPS) is 12.9. The Morgan fingerprint density at radius 1 is 1.04 bits per heavy atom. The minimum Gasteiger partial charge on any atom is -0.494 e. The molecule has 0 spiro atoms. The number of carbonyl (C=O) groups is 2. The third kappa shape index (κ3) is 6.81. The maximum atomic E-state index is 14.7. The number of aryl methyl sites for hydroxylation is 1. The first-order valence-electron chi connectivity index (χ1n) is 13.6. The number of primary amides is 1. The van der Waals surface area contributed by atoms with E-state index >= 15 is 0 Å². The number of amides is 2. The van der Waals surface area contributed by atoms with Crippen LogP contribution in [0, 0.1) is 12.7 Å². The molecule has 14 heteroatoms. The van der Waals surface area contributed by atoms with E-state index in [0.29, 0.717) is 22.2 Å². The number of aromatic nitrogens is 2. The van der Waals surface area contributed by atoms with Crippen molar-refractivity contribution in [1.29, 1.82) is 0 Å². The SMILES string of the molecule is CCOc1c(CC(N)=O)cc([C@@](O)(CNC(=O)c2cc(OC)c3nc(C)c(CO)cc3c2)C(F)(F)F)nc1-c1ccc(F)cc1. The van der Waals surface area contributed by atoms with Crippen molar-refractivity contribution >= 4 is 22.7 Å². The number of halogens is 4. The lowest BCUT2D eigenvalue weighted by molar-refractivity contribution is -0.265. The summed E-state index contributed by atoms with van der Waals surface area (Å²) in [5.74, 6) is -2.44. The van der Waals surface area contributed by atoms with E-state index in [-0.39, 0.29) is 47.1 Å². The molecule has 0 bridgehead atoms. The van der Waals surface area contributed by atoms with Crippen molar-refractivity contribution < 1.29 is 46.8 Å². The number of pyridine rings is 2. The maximum absolute atomic E-state index is 14.7. The molecule has 0 aliphatic rings. The molecule has 0 unspecified atom stereocenters. The number of fused-ring (bicyclic) bond motifs is 1. The van der Waals surface area contributed by atoms with Gasteiger partial charge in [0.2, 0.25) is 11.5 Å². The van der Waals surface area contributed by atoms with Gasteiger partial charge >= 0.3 is 6.18 Å². The van der Waals surface area contributed by atoms with Gasteiger partial charge in [0.1, 0.15) is 28.5 Å². The molecule has 238 valence electrons. The number of rotatable bonds is 11. The quantitative estimate of drug-likeness (QED) is 0.182. The molecule has 2 amide bonds. The highest BCUT2D eigenvalue weighted by Gasteiger charge is 2.56. The van der Waals surface area contributed by atoms with Crippen molar-refractivity contribution in [2.75, 3.05) is 20.3 Å². The second-order valence-corrected chi connectivity index (χ2v) is 10.1. The molecule has 4 aromatic rings. The van der Waals surface area contributed by atoms with Gasteiger partial charge in [-0.15, -0.1) is 0 Å². The topological polar surface area (TPSA) is 157 Å². The molecule has 45 heavy (non-hydrogen) atoms. The lowest BCUT2D eigenvalue weighted by Crippen LogP contribution is -2.51. The van der Waals surface area contributed by atoms with Crippen LogP contribution >= 0.6 is 0 Å². The fourth-order valence-electron chi connectivity index (χ4n) is 4.71. The maximum Gasteiger partial charge on any atom is 0.424 e. The Morgan fingerprint density at radius 2 is 1.73 bits per heavy atom. The zero-order valence-electron chi connectivity index (χ0n) is 24.5. The number of ether oxygens (including phenoxy) is 2. The summed E-state index contributed by atoms with van der Waals surface area (Å²) in [5, 5.41) is 23.3. The number of nitrogens with zero attached hydrogens (tertiary/aromatic N) is 2. The van der Waals surface area contributed by atoms with Gasteiger partial charge in [-0.2, -0.15) is 13.2 Å². The van der Waals surface area contributed by atoms with Gasteiger partial charge in [0.25, 0.3) is 5.91 Å². The van der Waals surface area contributed by atoms with E-state index in [2.05, 4.69) is 15.3 Å². The van der Waals surface area contributed by atoms with Crippen LogP contribution in [0.3, 0.4) is 0 Å². The van der Waals surface area contributed by atoms with Crippen molar-refractivity contribution in [2.45, 2.75) is 38.7 Å². The molecular weight excluding hydrogens is 600 g/mol. The summed E-state index contributed by atoms with van der Waals surface area (Å²) in [7, 11) is 1.33. The molecule has 0 saturated heterocycles. The predicted octanol–water partition coefficient (Wildman–Crippen LogP) is 3.85. The second-order valence-electron chi connectivity index (χ2n) is 10.1. The van der Waals surface area contributed by atoms with E-state index in [1.807, 2.05) is 0 Å². The first-order chi connectivity index (χ1) is 21.2. The van der Waals surface area contributed by atoms with Gasteiger partial charge in [0.05, 0.1) is 39.0 Å². The minimum atomic E-state index is -5.39. The highest BCUT2D eigenvalue weighted by molar-refractivity contribution is 6.00. The number of alkyl halides is 3. The lowest BCUT2D eigenvalue weighted by atomic mass is 9.93. The third-order valence-electron chi connectivity index (χ3n) is 7.05. The van der Waals surface area contributed by atoms with E-state index < -0.39 is 48.1 Å². The number of aliphatic hydroxyl groups is 2. The summed E-state index contributed by atoms with van der Waals surface area (Å²) < 4.78 is 68.6. The van der Waals surface area contributed by atoms with Gasteiger partial charge < -0.3 is 30.7 Å². The molecule has 2 heterocycles. The molecular formula is C31H30F4N4O6. The van der Waals surface area contributed by atoms with Crippen molar-refractivity contribution in [3.8, 4) is 22.8 Å². The monoisotopic (exact) mass is 630 g/mol. The fraction of sp³-hybridized carbons (Fsp3) is 0.290. The van der Waals surface area contributed by atoms with E-state index in [1.54, 1.807) is 19.9 Å². The Bertz CT molecular complexity index is 1750. The van der Waals surface area contributed by atoms with E-state index in [4.69, 9.17) is 15.2 Å². The van der Waals surface area contributed by atoms with Gasteiger partial charge in [-0.1, -0.05) is 0 Å². The predicted molar refractivity (Wildman–Crippen MR) is 155 cm³/mol. The molecule has 1 atom stereocenters. The third-order valence-corrected chi connectivity index (χ3v) is 7.05. The average Bonchev–Trinajstić information content (AvgIpc) is 2.99.